The Labute approximate surface area is 135 Å². The molecule has 0 unspecified atom stereocenters. The van der Waals surface area contributed by atoms with Crippen LogP contribution in [0.5, 0.6) is 0 Å². The first-order valence-electron chi connectivity index (χ1n) is 6.72. The van der Waals surface area contributed by atoms with Gasteiger partial charge in [0.15, 0.2) is 0 Å². The van der Waals surface area contributed by atoms with Crippen molar-refractivity contribution in [1.29, 1.82) is 0 Å². The fourth-order valence-electron chi connectivity index (χ4n) is 2.16. The van der Waals surface area contributed by atoms with Gasteiger partial charge in [0.05, 0.1) is 5.76 Å². The Morgan fingerprint density at radius 2 is 1.67 bits per heavy atom. The summed E-state index contributed by atoms with van der Waals surface area (Å²) in [5, 5.41) is 1.17. The molecular weight excluding hydrogens is 300 g/mol. The number of fused-ring (bicyclic) bond motifs is 1. The summed E-state index contributed by atoms with van der Waals surface area (Å²) in [6.45, 7) is 2.09. The molecule has 106 valence electrons. The van der Waals surface area contributed by atoms with Crippen molar-refractivity contribution < 1.29 is 21.5 Å². The van der Waals surface area contributed by atoms with Gasteiger partial charge in [0.25, 0.3) is 0 Å². The Balaban J connectivity index is 0.000000231. The van der Waals surface area contributed by atoms with Gasteiger partial charge in [0.2, 0.25) is 0 Å². The molecule has 0 N–H and O–H groups in total. The molecule has 1 aromatic heterocycles. The fourth-order valence-corrected chi connectivity index (χ4v) is 2.16. The SMILES string of the molecule is Cc1ccc2oc(-[c-]3cccc3)cc2c1.[Fe+2].c1cc[cH-]c1. The van der Waals surface area contributed by atoms with Crippen LogP contribution < -0.4 is 0 Å². The van der Waals surface area contributed by atoms with Gasteiger partial charge in [-0.25, -0.2) is 12.1 Å². The first kappa shape index (κ1) is 15.4. The molecule has 0 aliphatic rings. The minimum atomic E-state index is 0. The third kappa shape index (κ3) is 3.75. The summed E-state index contributed by atoms with van der Waals surface area (Å²) in [6, 6.07) is 26.5. The topological polar surface area (TPSA) is 13.1 Å². The maximum absolute atomic E-state index is 5.77. The van der Waals surface area contributed by atoms with Crippen LogP contribution in [0.1, 0.15) is 5.56 Å². The van der Waals surface area contributed by atoms with Crippen molar-refractivity contribution in [3.63, 3.8) is 0 Å². The average molecular weight is 316 g/mol. The molecule has 21 heavy (non-hydrogen) atoms. The second kappa shape index (κ2) is 7.12. The second-order valence-electron chi connectivity index (χ2n) is 4.79. The smallest absolute Gasteiger partial charge is 0.476 e. The first-order chi connectivity index (χ1) is 9.83. The summed E-state index contributed by atoms with van der Waals surface area (Å²) in [5.41, 5.74) is 3.36. The Kier molecular flexibility index (Phi) is 5.21. The van der Waals surface area contributed by atoms with Gasteiger partial charge in [0.1, 0.15) is 5.58 Å². The Bertz CT molecular complexity index is 744. The van der Waals surface area contributed by atoms with Crippen molar-refractivity contribution in [2.24, 2.45) is 0 Å². The molecule has 0 fully saturated rings. The number of furan rings is 1. The summed E-state index contributed by atoms with van der Waals surface area (Å²) in [4.78, 5) is 0. The van der Waals surface area contributed by atoms with Gasteiger partial charge in [-0.1, -0.05) is 29.3 Å². The van der Waals surface area contributed by atoms with Gasteiger partial charge in [-0.2, -0.15) is 30.3 Å². The van der Waals surface area contributed by atoms with Crippen LogP contribution in [0.4, 0.5) is 0 Å². The van der Waals surface area contributed by atoms with Gasteiger partial charge in [-0.3, -0.25) is 0 Å². The van der Waals surface area contributed by atoms with E-state index in [0.717, 1.165) is 16.9 Å². The van der Waals surface area contributed by atoms with E-state index in [1.807, 2.05) is 48.5 Å². The molecule has 0 atom stereocenters. The van der Waals surface area contributed by atoms with Crippen molar-refractivity contribution >= 4 is 11.0 Å². The maximum atomic E-state index is 5.77. The first-order valence-corrected chi connectivity index (χ1v) is 6.72. The number of rotatable bonds is 1. The number of benzene rings is 1. The molecule has 0 radical (unpaired) electrons. The van der Waals surface area contributed by atoms with Gasteiger partial charge < -0.3 is 4.42 Å². The molecule has 2 heteroatoms. The van der Waals surface area contributed by atoms with Crippen LogP contribution in [-0.4, -0.2) is 0 Å². The standard InChI is InChI=1S/C14H11O.C5H5.Fe/c1-10-6-7-13-12(8-10)9-14(15-13)11-4-2-3-5-11;1-2-4-5-3-1;/h2-9H,1H3;1-5H;/q2*-1;+2. The van der Waals surface area contributed by atoms with Crippen LogP contribution in [0.3, 0.4) is 0 Å². The predicted octanol–water partition coefficient (Wildman–Crippen LogP) is 5.53. The van der Waals surface area contributed by atoms with Crippen molar-refractivity contribution in [2.75, 3.05) is 0 Å². The molecule has 0 bridgehead atoms. The largest absolute Gasteiger partial charge is 2.00 e. The van der Waals surface area contributed by atoms with E-state index >= 15 is 0 Å². The average Bonchev–Trinajstić information content (AvgIpc) is 3.20. The molecule has 0 saturated heterocycles. The van der Waals surface area contributed by atoms with Crippen LogP contribution >= 0.6 is 0 Å². The molecule has 4 aromatic rings. The molecule has 1 heterocycles. The van der Waals surface area contributed by atoms with E-state index in [9.17, 15) is 0 Å². The van der Waals surface area contributed by atoms with Crippen LogP contribution in [-0.2, 0) is 17.1 Å². The van der Waals surface area contributed by atoms with Crippen LogP contribution in [0, 0.1) is 6.92 Å². The summed E-state index contributed by atoms with van der Waals surface area (Å²) < 4.78 is 5.77. The van der Waals surface area contributed by atoms with Gasteiger partial charge in [-0.15, -0.1) is 12.1 Å². The quantitative estimate of drug-likeness (QED) is 0.332. The van der Waals surface area contributed by atoms with E-state index in [0.29, 0.717) is 0 Å². The summed E-state index contributed by atoms with van der Waals surface area (Å²) in [5.74, 6) is 0.945. The zero-order chi connectivity index (χ0) is 13.8. The van der Waals surface area contributed by atoms with Crippen LogP contribution in [0.15, 0.2) is 83.3 Å². The van der Waals surface area contributed by atoms with E-state index in [2.05, 4.69) is 37.3 Å². The van der Waals surface area contributed by atoms with Crippen molar-refractivity contribution in [1.82, 2.24) is 0 Å². The molecule has 0 aliphatic heterocycles. The summed E-state index contributed by atoms with van der Waals surface area (Å²) in [6.07, 6.45) is 0. The molecule has 0 spiro atoms. The maximum Gasteiger partial charge on any atom is 2.00 e. The zero-order valence-corrected chi connectivity index (χ0v) is 12.9. The molecule has 0 aliphatic carbocycles. The molecule has 3 aromatic carbocycles. The minimum absolute atomic E-state index is 0. The molecule has 4 rings (SSSR count). The molecular formula is C19H16FeO. The van der Waals surface area contributed by atoms with Crippen molar-refractivity contribution in [3.05, 3.63) is 84.4 Å². The second-order valence-corrected chi connectivity index (χ2v) is 4.79. The van der Waals surface area contributed by atoms with Crippen molar-refractivity contribution in [2.45, 2.75) is 6.92 Å². The van der Waals surface area contributed by atoms with Gasteiger partial charge in [-0.05, 0) is 18.4 Å². The summed E-state index contributed by atoms with van der Waals surface area (Å²) >= 11 is 0. The van der Waals surface area contributed by atoms with Gasteiger partial charge >= 0.3 is 17.1 Å². The Morgan fingerprint density at radius 3 is 2.29 bits per heavy atom. The number of aryl methyl sites for hydroxylation is 1. The molecule has 0 saturated carbocycles. The third-order valence-corrected chi connectivity index (χ3v) is 3.17. The van der Waals surface area contributed by atoms with Crippen molar-refractivity contribution in [3.8, 4) is 11.3 Å². The number of hydrogen-bond donors (Lipinski definition) is 0. The van der Waals surface area contributed by atoms with Crippen LogP contribution in [0.2, 0.25) is 0 Å². The molecule has 1 nitrogen and oxygen atoms in total. The van der Waals surface area contributed by atoms with E-state index in [1.54, 1.807) is 0 Å². The normalized spacial score (nSPS) is 9.76. The van der Waals surface area contributed by atoms with E-state index in [4.69, 9.17) is 4.42 Å². The van der Waals surface area contributed by atoms with Crippen LogP contribution in [0.25, 0.3) is 22.3 Å². The monoisotopic (exact) mass is 316 g/mol. The minimum Gasteiger partial charge on any atom is -0.476 e. The van der Waals surface area contributed by atoms with Gasteiger partial charge in [0, 0.05) is 0 Å². The van der Waals surface area contributed by atoms with E-state index in [1.165, 1.54) is 10.9 Å². The predicted molar refractivity (Wildman–Crippen MR) is 84.0 cm³/mol. The van der Waals surface area contributed by atoms with E-state index in [-0.39, 0.29) is 17.1 Å². The third-order valence-electron chi connectivity index (χ3n) is 3.17. The summed E-state index contributed by atoms with van der Waals surface area (Å²) in [7, 11) is 0. The number of hydrogen-bond acceptors (Lipinski definition) is 1. The molecule has 0 amide bonds. The fraction of sp³-hybridized carbons (Fsp3) is 0.0526. The Hall–Kier alpha value is -2.02. The Morgan fingerprint density at radius 1 is 0.952 bits per heavy atom. The van der Waals surface area contributed by atoms with E-state index < -0.39 is 0 Å². The zero-order valence-electron chi connectivity index (χ0n) is 11.8.